The van der Waals surface area contributed by atoms with Crippen LogP contribution in [0.4, 0.5) is 5.69 Å². The number of para-hydroxylation sites is 1. The van der Waals surface area contributed by atoms with E-state index < -0.39 is 53.5 Å². The molecule has 0 bridgehead atoms. The standard InChI is InChI=1S/C28H35NO9/c1-7-35-23(31)27(24(32)36-8-2)16-18(5)21(19(6)22(30)29-20-14-12-11-13-15-20)17-28(27,25(33)37-9-3)26(34)38-10-4/h11-15H,5,7-10,16-17H2,1-4,6H3,(H,29,30)/b21-19-. The van der Waals surface area contributed by atoms with Gasteiger partial charge in [-0.2, -0.15) is 0 Å². The Kier molecular flexibility index (Phi) is 10.4. The van der Waals surface area contributed by atoms with Gasteiger partial charge in [-0.05, 0) is 57.9 Å². The molecular weight excluding hydrogens is 494 g/mol. The summed E-state index contributed by atoms with van der Waals surface area (Å²) >= 11 is 0. The van der Waals surface area contributed by atoms with Gasteiger partial charge < -0.3 is 24.3 Å². The number of hydrogen-bond acceptors (Lipinski definition) is 9. The molecule has 0 heterocycles. The molecule has 38 heavy (non-hydrogen) atoms. The minimum atomic E-state index is -2.54. The second-order valence-corrected chi connectivity index (χ2v) is 8.57. The molecule has 0 saturated heterocycles. The lowest BCUT2D eigenvalue weighted by Gasteiger charge is -2.47. The van der Waals surface area contributed by atoms with Gasteiger partial charge in [-0.3, -0.25) is 24.0 Å². The Morgan fingerprint density at radius 2 is 1.13 bits per heavy atom. The van der Waals surface area contributed by atoms with E-state index in [1.807, 2.05) is 0 Å². The molecule has 1 N–H and O–H groups in total. The second kappa shape index (κ2) is 13.0. The van der Waals surface area contributed by atoms with Crippen molar-refractivity contribution in [2.45, 2.75) is 47.5 Å². The number of carbonyl (C=O) groups excluding carboxylic acids is 5. The van der Waals surface area contributed by atoms with Crippen LogP contribution in [-0.2, 0) is 42.9 Å². The fraction of sp³-hybridized carbons (Fsp3) is 0.464. The van der Waals surface area contributed by atoms with Crippen LogP contribution in [0.2, 0.25) is 0 Å². The average Bonchev–Trinajstić information content (AvgIpc) is 2.89. The predicted octanol–water partition coefficient (Wildman–Crippen LogP) is 3.52. The second-order valence-electron chi connectivity index (χ2n) is 8.57. The third-order valence-corrected chi connectivity index (χ3v) is 6.40. The highest BCUT2D eigenvalue weighted by atomic mass is 16.6. The maximum Gasteiger partial charge on any atom is 0.325 e. The van der Waals surface area contributed by atoms with Crippen LogP contribution in [0, 0.1) is 10.8 Å². The zero-order valence-electron chi connectivity index (χ0n) is 22.5. The Hall–Kier alpha value is -3.95. The van der Waals surface area contributed by atoms with E-state index >= 15 is 0 Å². The highest BCUT2D eigenvalue weighted by molar-refractivity contribution is 6.16. The fourth-order valence-corrected chi connectivity index (χ4v) is 4.57. The van der Waals surface area contributed by atoms with Crippen molar-refractivity contribution >= 4 is 35.5 Å². The van der Waals surface area contributed by atoms with Gasteiger partial charge in [0.1, 0.15) is 0 Å². The molecule has 0 spiro atoms. The number of rotatable bonds is 10. The Morgan fingerprint density at radius 1 is 0.737 bits per heavy atom. The highest BCUT2D eigenvalue weighted by Crippen LogP contribution is 2.57. The van der Waals surface area contributed by atoms with Crippen molar-refractivity contribution in [1.29, 1.82) is 0 Å². The molecule has 1 aliphatic rings. The Bertz CT molecular complexity index is 1080. The van der Waals surface area contributed by atoms with Gasteiger partial charge in [-0.25, -0.2) is 0 Å². The fourth-order valence-electron chi connectivity index (χ4n) is 4.57. The lowest BCUT2D eigenvalue weighted by Crippen LogP contribution is -2.64. The Morgan fingerprint density at radius 3 is 1.53 bits per heavy atom. The first-order valence-electron chi connectivity index (χ1n) is 12.5. The van der Waals surface area contributed by atoms with E-state index in [1.54, 1.807) is 30.3 Å². The summed E-state index contributed by atoms with van der Waals surface area (Å²) in [7, 11) is 0. The summed E-state index contributed by atoms with van der Waals surface area (Å²) in [5, 5.41) is 2.75. The highest BCUT2D eigenvalue weighted by Gasteiger charge is 2.75. The molecule has 0 aromatic heterocycles. The van der Waals surface area contributed by atoms with Crippen LogP contribution >= 0.6 is 0 Å². The summed E-state index contributed by atoms with van der Waals surface area (Å²) in [4.78, 5) is 67.8. The number of allylic oxidation sites excluding steroid dienone is 2. The van der Waals surface area contributed by atoms with E-state index in [-0.39, 0.29) is 43.1 Å². The minimum absolute atomic E-state index is 0.137. The van der Waals surface area contributed by atoms with E-state index in [2.05, 4.69) is 11.9 Å². The number of anilines is 1. The maximum atomic E-state index is 13.7. The van der Waals surface area contributed by atoms with Crippen LogP contribution in [-0.4, -0.2) is 56.2 Å². The zero-order chi connectivity index (χ0) is 28.5. The van der Waals surface area contributed by atoms with E-state index in [9.17, 15) is 24.0 Å². The van der Waals surface area contributed by atoms with E-state index in [0.717, 1.165) is 0 Å². The molecule has 0 atom stereocenters. The molecule has 0 unspecified atom stereocenters. The molecule has 206 valence electrons. The summed E-state index contributed by atoms with van der Waals surface area (Å²) < 4.78 is 21.0. The topological polar surface area (TPSA) is 134 Å². The molecule has 1 saturated carbocycles. The average molecular weight is 530 g/mol. The SMILES string of the molecule is C=C1CC(C(=O)OCC)(C(=O)OCC)C(C(=O)OCC)(C(=O)OCC)C/C1=C(\C)C(=O)Nc1ccccc1. The lowest BCUT2D eigenvalue weighted by molar-refractivity contribution is -0.204. The van der Waals surface area contributed by atoms with Gasteiger partial charge in [0.2, 0.25) is 0 Å². The van der Waals surface area contributed by atoms with Crippen LogP contribution in [0.5, 0.6) is 0 Å². The number of nitrogens with one attached hydrogen (secondary N) is 1. The number of amides is 1. The van der Waals surface area contributed by atoms with Gasteiger partial charge in [0.15, 0.2) is 10.8 Å². The van der Waals surface area contributed by atoms with Gasteiger partial charge in [-0.1, -0.05) is 24.8 Å². The molecule has 10 nitrogen and oxygen atoms in total. The third kappa shape index (κ3) is 5.49. The van der Waals surface area contributed by atoms with Crippen molar-refractivity contribution in [3.05, 3.63) is 53.6 Å². The normalized spacial score (nSPS) is 17.0. The number of carbonyl (C=O) groups is 5. The largest absolute Gasteiger partial charge is 0.465 e. The minimum Gasteiger partial charge on any atom is -0.465 e. The molecule has 0 aliphatic heterocycles. The van der Waals surface area contributed by atoms with Gasteiger partial charge in [0.05, 0.1) is 26.4 Å². The smallest absolute Gasteiger partial charge is 0.325 e. The van der Waals surface area contributed by atoms with E-state index in [1.165, 1.54) is 34.6 Å². The van der Waals surface area contributed by atoms with Crippen molar-refractivity contribution in [3.63, 3.8) is 0 Å². The quantitative estimate of drug-likeness (QED) is 0.209. The molecule has 1 aliphatic carbocycles. The first-order valence-corrected chi connectivity index (χ1v) is 12.5. The summed E-state index contributed by atoms with van der Waals surface area (Å²) in [5.41, 5.74) is -3.97. The Labute approximate surface area is 222 Å². The third-order valence-electron chi connectivity index (χ3n) is 6.40. The molecular formula is C28H35NO9. The lowest BCUT2D eigenvalue weighted by atomic mass is 9.52. The summed E-state index contributed by atoms with van der Waals surface area (Å²) in [6.45, 7) is 11.0. The summed E-state index contributed by atoms with van der Waals surface area (Å²) in [6.07, 6.45) is -1.11. The molecule has 1 aromatic carbocycles. The molecule has 1 aromatic rings. The monoisotopic (exact) mass is 529 g/mol. The van der Waals surface area contributed by atoms with Crippen molar-refractivity contribution in [1.82, 2.24) is 0 Å². The van der Waals surface area contributed by atoms with Gasteiger partial charge >= 0.3 is 23.9 Å². The number of esters is 4. The number of hydrogen-bond donors (Lipinski definition) is 1. The van der Waals surface area contributed by atoms with Gasteiger partial charge in [0.25, 0.3) is 5.91 Å². The van der Waals surface area contributed by atoms with Crippen molar-refractivity contribution in [3.8, 4) is 0 Å². The Balaban J connectivity index is 2.85. The van der Waals surface area contributed by atoms with E-state index in [4.69, 9.17) is 18.9 Å². The van der Waals surface area contributed by atoms with Crippen molar-refractivity contribution in [2.24, 2.45) is 10.8 Å². The molecule has 2 rings (SSSR count). The number of benzene rings is 1. The zero-order valence-corrected chi connectivity index (χ0v) is 22.5. The van der Waals surface area contributed by atoms with Crippen LogP contribution in [0.25, 0.3) is 0 Å². The predicted molar refractivity (Wildman–Crippen MR) is 138 cm³/mol. The maximum absolute atomic E-state index is 13.7. The molecule has 10 heteroatoms. The van der Waals surface area contributed by atoms with Crippen LogP contribution in [0.15, 0.2) is 53.6 Å². The van der Waals surface area contributed by atoms with Crippen LogP contribution in [0.1, 0.15) is 47.5 Å². The first-order chi connectivity index (χ1) is 18.1. The van der Waals surface area contributed by atoms with Gasteiger partial charge in [-0.15, -0.1) is 0 Å². The molecule has 0 radical (unpaired) electrons. The van der Waals surface area contributed by atoms with Crippen molar-refractivity contribution in [2.75, 3.05) is 31.7 Å². The number of ether oxygens (including phenoxy) is 4. The van der Waals surface area contributed by atoms with E-state index in [0.29, 0.717) is 5.69 Å². The summed E-state index contributed by atoms with van der Waals surface area (Å²) in [6, 6.07) is 8.68. The van der Waals surface area contributed by atoms with Crippen molar-refractivity contribution < 1.29 is 42.9 Å². The van der Waals surface area contributed by atoms with Crippen LogP contribution < -0.4 is 5.32 Å². The van der Waals surface area contributed by atoms with Crippen LogP contribution in [0.3, 0.4) is 0 Å². The first kappa shape index (κ1) is 30.3. The summed E-state index contributed by atoms with van der Waals surface area (Å²) in [5.74, 6) is -5.15. The molecule has 1 amide bonds. The molecule has 1 fully saturated rings. The van der Waals surface area contributed by atoms with Gasteiger partial charge in [0, 0.05) is 24.1 Å².